The SMILES string of the molecule is COc1ccc(NC(=O)Nc2c(-c3ccc4c(c3)OCO4)n[nH]c2C2CC2)c(OC)c1. The second-order valence-electron chi connectivity index (χ2n) is 7.35. The molecular formula is C22H22N4O5. The normalized spacial score (nSPS) is 14.3. The van der Waals surface area contributed by atoms with Crippen molar-refractivity contribution in [3.8, 4) is 34.3 Å². The third-order valence-electron chi connectivity index (χ3n) is 5.32. The van der Waals surface area contributed by atoms with Gasteiger partial charge in [-0.25, -0.2) is 4.79 Å². The molecule has 1 aliphatic carbocycles. The lowest BCUT2D eigenvalue weighted by Gasteiger charge is -2.13. The highest BCUT2D eigenvalue weighted by atomic mass is 16.7. The number of carbonyl (C=O) groups excluding carboxylic acids is 1. The maximum Gasteiger partial charge on any atom is 0.323 e. The second-order valence-corrected chi connectivity index (χ2v) is 7.35. The standard InChI is InChI=1S/C22H22N4O5/c1-28-14-6-7-15(17(10-14)29-2)23-22(27)24-21-19(12-3-4-12)25-26-20(21)13-5-8-16-18(9-13)31-11-30-16/h5-10,12H,3-4,11H2,1-2H3,(H,25,26)(H2,23,24,27). The van der Waals surface area contributed by atoms with Crippen molar-refractivity contribution in [2.24, 2.45) is 0 Å². The molecule has 1 aromatic heterocycles. The van der Waals surface area contributed by atoms with Crippen molar-refractivity contribution in [3.63, 3.8) is 0 Å². The molecule has 160 valence electrons. The molecule has 0 saturated heterocycles. The van der Waals surface area contributed by atoms with Gasteiger partial charge in [-0.2, -0.15) is 5.10 Å². The highest BCUT2D eigenvalue weighted by Gasteiger charge is 2.31. The summed E-state index contributed by atoms with van der Waals surface area (Å²) in [6, 6.07) is 10.4. The summed E-state index contributed by atoms with van der Waals surface area (Å²) in [5, 5.41) is 13.4. The van der Waals surface area contributed by atoms with Crippen LogP contribution in [0.4, 0.5) is 16.2 Å². The van der Waals surface area contributed by atoms with Crippen molar-refractivity contribution in [2.45, 2.75) is 18.8 Å². The van der Waals surface area contributed by atoms with Gasteiger partial charge in [-0.05, 0) is 43.2 Å². The van der Waals surface area contributed by atoms with E-state index >= 15 is 0 Å². The first-order chi connectivity index (χ1) is 15.2. The van der Waals surface area contributed by atoms with Gasteiger partial charge in [-0.3, -0.25) is 5.10 Å². The minimum Gasteiger partial charge on any atom is -0.497 e. The largest absolute Gasteiger partial charge is 0.497 e. The number of benzene rings is 2. The number of nitrogens with zero attached hydrogens (tertiary/aromatic N) is 1. The molecule has 2 aromatic carbocycles. The van der Waals surface area contributed by atoms with Crippen molar-refractivity contribution in [1.82, 2.24) is 10.2 Å². The number of anilines is 2. The summed E-state index contributed by atoms with van der Waals surface area (Å²) in [5.41, 5.74) is 3.58. The Kier molecular flexibility index (Phi) is 4.78. The van der Waals surface area contributed by atoms with Crippen molar-refractivity contribution >= 4 is 17.4 Å². The van der Waals surface area contributed by atoms with Crippen LogP contribution in [0.25, 0.3) is 11.3 Å². The fraction of sp³-hybridized carbons (Fsp3) is 0.273. The number of H-pyrrole nitrogens is 1. The molecule has 0 spiro atoms. The van der Waals surface area contributed by atoms with Gasteiger partial charge in [0.25, 0.3) is 0 Å². The number of ether oxygens (including phenoxy) is 4. The van der Waals surface area contributed by atoms with Crippen LogP contribution in [0, 0.1) is 0 Å². The number of hydrogen-bond donors (Lipinski definition) is 3. The number of hydrogen-bond acceptors (Lipinski definition) is 6. The molecule has 31 heavy (non-hydrogen) atoms. The first-order valence-electron chi connectivity index (χ1n) is 9.94. The zero-order valence-corrected chi connectivity index (χ0v) is 17.2. The number of rotatable bonds is 6. The number of carbonyl (C=O) groups is 1. The van der Waals surface area contributed by atoms with Gasteiger partial charge in [0, 0.05) is 17.5 Å². The number of urea groups is 1. The molecule has 2 aliphatic rings. The fourth-order valence-electron chi connectivity index (χ4n) is 3.57. The van der Waals surface area contributed by atoms with E-state index < -0.39 is 6.03 Å². The van der Waals surface area contributed by atoms with Gasteiger partial charge in [0.2, 0.25) is 6.79 Å². The monoisotopic (exact) mass is 422 g/mol. The molecule has 5 rings (SSSR count). The summed E-state index contributed by atoms with van der Waals surface area (Å²) in [7, 11) is 3.11. The Hall–Kier alpha value is -3.88. The van der Waals surface area contributed by atoms with Gasteiger partial charge in [0.1, 0.15) is 17.2 Å². The van der Waals surface area contributed by atoms with E-state index in [0.717, 1.165) is 24.1 Å². The van der Waals surface area contributed by atoms with Crippen LogP contribution in [0.5, 0.6) is 23.0 Å². The van der Waals surface area contributed by atoms with E-state index in [0.29, 0.717) is 46.0 Å². The first kappa shape index (κ1) is 19.1. The molecule has 2 heterocycles. The van der Waals surface area contributed by atoms with Crippen LogP contribution in [0.15, 0.2) is 36.4 Å². The molecule has 1 fully saturated rings. The Morgan fingerprint density at radius 1 is 1.06 bits per heavy atom. The van der Waals surface area contributed by atoms with Crippen LogP contribution in [-0.4, -0.2) is 37.2 Å². The average molecular weight is 422 g/mol. The summed E-state index contributed by atoms with van der Waals surface area (Å²) in [6.07, 6.45) is 2.12. The van der Waals surface area contributed by atoms with Gasteiger partial charge in [0.05, 0.1) is 31.3 Å². The number of nitrogens with one attached hydrogen (secondary N) is 3. The van der Waals surface area contributed by atoms with E-state index in [2.05, 4.69) is 20.8 Å². The third-order valence-corrected chi connectivity index (χ3v) is 5.32. The van der Waals surface area contributed by atoms with Gasteiger partial charge in [-0.15, -0.1) is 0 Å². The third kappa shape index (κ3) is 3.70. The van der Waals surface area contributed by atoms with Crippen LogP contribution in [0.2, 0.25) is 0 Å². The van der Waals surface area contributed by atoms with Gasteiger partial charge in [-0.1, -0.05) is 0 Å². The summed E-state index contributed by atoms with van der Waals surface area (Å²) >= 11 is 0. The summed E-state index contributed by atoms with van der Waals surface area (Å²) in [6.45, 7) is 0.198. The predicted octanol–water partition coefficient (Wildman–Crippen LogP) is 4.34. The topological polar surface area (TPSA) is 107 Å². The Bertz CT molecular complexity index is 1140. The molecule has 9 nitrogen and oxygen atoms in total. The van der Waals surface area contributed by atoms with E-state index in [1.54, 1.807) is 25.3 Å². The summed E-state index contributed by atoms with van der Waals surface area (Å²) in [5.74, 6) is 2.85. The lowest BCUT2D eigenvalue weighted by atomic mass is 10.1. The minimum atomic E-state index is -0.395. The van der Waals surface area contributed by atoms with Crippen molar-refractivity contribution in [2.75, 3.05) is 31.6 Å². The van der Waals surface area contributed by atoms with E-state index in [1.165, 1.54) is 7.11 Å². The summed E-state index contributed by atoms with van der Waals surface area (Å²) in [4.78, 5) is 12.9. The lowest BCUT2D eigenvalue weighted by molar-refractivity contribution is 0.174. The molecule has 0 bridgehead atoms. The Morgan fingerprint density at radius 2 is 1.90 bits per heavy atom. The Balaban J connectivity index is 1.42. The molecule has 3 N–H and O–H groups in total. The van der Waals surface area contributed by atoms with Crippen molar-refractivity contribution in [1.29, 1.82) is 0 Å². The van der Waals surface area contributed by atoms with Gasteiger partial charge < -0.3 is 29.6 Å². The van der Waals surface area contributed by atoms with Crippen molar-refractivity contribution in [3.05, 3.63) is 42.1 Å². The quantitative estimate of drug-likeness (QED) is 0.545. The van der Waals surface area contributed by atoms with Crippen molar-refractivity contribution < 1.29 is 23.7 Å². The summed E-state index contributed by atoms with van der Waals surface area (Å²) < 4.78 is 21.5. The Labute approximate surface area is 178 Å². The average Bonchev–Trinajstić information content (AvgIpc) is 3.37. The molecule has 2 amide bonds. The number of methoxy groups -OCH3 is 2. The molecule has 3 aromatic rings. The molecule has 0 radical (unpaired) electrons. The first-order valence-corrected chi connectivity index (χ1v) is 9.94. The van der Waals surface area contributed by atoms with Crippen LogP contribution in [-0.2, 0) is 0 Å². The van der Waals surface area contributed by atoms with E-state index in [-0.39, 0.29) is 6.79 Å². The van der Waals surface area contributed by atoms with E-state index in [1.807, 2.05) is 18.2 Å². The number of amides is 2. The number of aromatic nitrogens is 2. The van der Waals surface area contributed by atoms with E-state index in [9.17, 15) is 4.79 Å². The zero-order valence-electron chi connectivity index (χ0n) is 17.2. The molecule has 0 unspecified atom stereocenters. The lowest BCUT2D eigenvalue weighted by Crippen LogP contribution is -2.20. The fourth-order valence-corrected chi connectivity index (χ4v) is 3.57. The molecule has 9 heteroatoms. The molecular weight excluding hydrogens is 400 g/mol. The van der Waals surface area contributed by atoms with Crippen LogP contribution in [0.1, 0.15) is 24.5 Å². The van der Waals surface area contributed by atoms with Gasteiger partial charge >= 0.3 is 6.03 Å². The highest BCUT2D eigenvalue weighted by molar-refractivity contribution is 6.03. The smallest absolute Gasteiger partial charge is 0.323 e. The van der Waals surface area contributed by atoms with Crippen LogP contribution >= 0.6 is 0 Å². The van der Waals surface area contributed by atoms with Crippen LogP contribution in [0.3, 0.4) is 0 Å². The van der Waals surface area contributed by atoms with E-state index in [4.69, 9.17) is 18.9 Å². The number of aromatic amines is 1. The molecule has 1 saturated carbocycles. The Morgan fingerprint density at radius 3 is 2.68 bits per heavy atom. The molecule has 0 atom stereocenters. The maximum absolute atomic E-state index is 12.9. The maximum atomic E-state index is 12.9. The highest BCUT2D eigenvalue weighted by Crippen LogP contribution is 2.46. The minimum absolute atomic E-state index is 0.198. The second kappa shape index (κ2) is 7.75. The predicted molar refractivity (Wildman–Crippen MR) is 114 cm³/mol. The van der Waals surface area contributed by atoms with Crippen LogP contribution < -0.4 is 29.6 Å². The number of fused-ring (bicyclic) bond motifs is 1. The molecule has 1 aliphatic heterocycles. The zero-order chi connectivity index (χ0) is 21.4. The van der Waals surface area contributed by atoms with Gasteiger partial charge in [0.15, 0.2) is 11.5 Å².